The summed E-state index contributed by atoms with van der Waals surface area (Å²) >= 11 is 0. The standard InChI is InChI=1S/C14H26N4/c1-10(2)7-8-18(12-5-6-12)14-13(9-15)11(3)16-17(14)4/h10,12H,5-9,15H2,1-4H3. The highest BCUT2D eigenvalue weighted by Crippen LogP contribution is 2.34. The van der Waals surface area contributed by atoms with E-state index in [1.54, 1.807) is 0 Å². The largest absolute Gasteiger partial charge is 0.354 e. The Morgan fingerprint density at radius 1 is 1.44 bits per heavy atom. The number of hydrogen-bond donors (Lipinski definition) is 1. The monoisotopic (exact) mass is 250 g/mol. The van der Waals surface area contributed by atoms with E-state index < -0.39 is 0 Å². The maximum absolute atomic E-state index is 5.90. The summed E-state index contributed by atoms with van der Waals surface area (Å²) in [6, 6.07) is 0.712. The molecule has 0 saturated heterocycles. The zero-order chi connectivity index (χ0) is 13.3. The van der Waals surface area contributed by atoms with Gasteiger partial charge in [-0.3, -0.25) is 4.68 Å². The Hall–Kier alpha value is -1.03. The minimum atomic E-state index is 0.583. The third kappa shape index (κ3) is 2.69. The fraction of sp³-hybridized carbons (Fsp3) is 0.786. The average Bonchev–Trinajstić information content (AvgIpc) is 3.07. The Morgan fingerprint density at radius 3 is 2.61 bits per heavy atom. The zero-order valence-electron chi connectivity index (χ0n) is 12.1. The van der Waals surface area contributed by atoms with Crippen molar-refractivity contribution in [3.63, 3.8) is 0 Å². The van der Waals surface area contributed by atoms with E-state index in [1.807, 2.05) is 11.7 Å². The molecule has 1 heterocycles. The van der Waals surface area contributed by atoms with Crippen LogP contribution in [0, 0.1) is 12.8 Å². The average molecular weight is 250 g/mol. The first-order valence-electron chi connectivity index (χ1n) is 7.03. The van der Waals surface area contributed by atoms with Gasteiger partial charge in [0, 0.05) is 31.7 Å². The Bertz CT molecular complexity index is 404. The SMILES string of the molecule is Cc1nn(C)c(N(CCC(C)C)C2CC2)c1CN. The predicted molar refractivity (Wildman–Crippen MR) is 75.7 cm³/mol. The molecule has 4 heteroatoms. The third-order valence-corrected chi connectivity index (χ3v) is 3.72. The Balaban J connectivity index is 2.24. The van der Waals surface area contributed by atoms with Crippen LogP contribution in [0.3, 0.4) is 0 Å². The van der Waals surface area contributed by atoms with Gasteiger partial charge in [0.25, 0.3) is 0 Å². The highest BCUT2D eigenvalue weighted by molar-refractivity contribution is 5.52. The van der Waals surface area contributed by atoms with E-state index in [9.17, 15) is 0 Å². The minimum absolute atomic E-state index is 0.583. The molecule has 0 atom stereocenters. The highest BCUT2D eigenvalue weighted by Gasteiger charge is 2.32. The van der Waals surface area contributed by atoms with E-state index in [2.05, 4.69) is 30.8 Å². The van der Waals surface area contributed by atoms with E-state index in [1.165, 1.54) is 30.6 Å². The normalized spacial score (nSPS) is 15.4. The maximum atomic E-state index is 5.90. The number of aryl methyl sites for hydroxylation is 2. The molecule has 2 rings (SSSR count). The van der Waals surface area contributed by atoms with E-state index >= 15 is 0 Å². The molecule has 0 aromatic carbocycles. The van der Waals surface area contributed by atoms with Gasteiger partial charge in [0.15, 0.2) is 0 Å². The first-order valence-corrected chi connectivity index (χ1v) is 7.03. The van der Waals surface area contributed by atoms with Crippen molar-refractivity contribution in [1.82, 2.24) is 9.78 Å². The molecule has 1 aliphatic carbocycles. The van der Waals surface area contributed by atoms with Gasteiger partial charge in [0.1, 0.15) is 5.82 Å². The molecule has 0 unspecified atom stereocenters. The summed E-state index contributed by atoms with van der Waals surface area (Å²) < 4.78 is 2.01. The molecule has 1 aliphatic rings. The summed E-state index contributed by atoms with van der Waals surface area (Å²) in [7, 11) is 2.03. The lowest BCUT2D eigenvalue weighted by Crippen LogP contribution is -2.30. The molecule has 0 spiro atoms. The van der Waals surface area contributed by atoms with Gasteiger partial charge in [-0.05, 0) is 32.1 Å². The second-order valence-corrected chi connectivity index (χ2v) is 5.82. The molecule has 1 fully saturated rings. The van der Waals surface area contributed by atoms with Crippen LogP contribution in [0.1, 0.15) is 44.4 Å². The van der Waals surface area contributed by atoms with Crippen molar-refractivity contribution in [3.8, 4) is 0 Å². The molecule has 0 radical (unpaired) electrons. The summed E-state index contributed by atoms with van der Waals surface area (Å²) in [5.41, 5.74) is 8.19. The number of hydrogen-bond acceptors (Lipinski definition) is 3. The van der Waals surface area contributed by atoms with Crippen LogP contribution < -0.4 is 10.6 Å². The van der Waals surface area contributed by atoms with Gasteiger partial charge in [-0.15, -0.1) is 0 Å². The lowest BCUT2D eigenvalue weighted by atomic mass is 10.1. The molecule has 4 nitrogen and oxygen atoms in total. The van der Waals surface area contributed by atoms with Crippen LogP contribution in [-0.4, -0.2) is 22.4 Å². The zero-order valence-corrected chi connectivity index (χ0v) is 12.1. The molecule has 1 aromatic rings. The van der Waals surface area contributed by atoms with Gasteiger partial charge in [0.05, 0.1) is 5.69 Å². The van der Waals surface area contributed by atoms with E-state index in [0.29, 0.717) is 12.6 Å². The summed E-state index contributed by atoms with van der Waals surface area (Å²) in [5.74, 6) is 1.99. The smallest absolute Gasteiger partial charge is 0.131 e. The number of nitrogens with two attached hydrogens (primary N) is 1. The van der Waals surface area contributed by atoms with Crippen LogP contribution >= 0.6 is 0 Å². The molecular weight excluding hydrogens is 224 g/mol. The van der Waals surface area contributed by atoms with Gasteiger partial charge >= 0.3 is 0 Å². The molecule has 18 heavy (non-hydrogen) atoms. The Labute approximate surface area is 110 Å². The number of nitrogens with zero attached hydrogens (tertiary/aromatic N) is 3. The molecular formula is C14H26N4. The first kappa shape index (κ1) is 13.4. The lowest BCUT2D eigenvalue weighted by molar-refractivity contribution is 0.561. The van der Waals surface area contributed by atoms with Crippen LogP contribution in [0.15, 0.2) is 0 Å². The molecule has 0 amide bonds. The molecule has 0 bridgehead atoms. The molecule has 1 aromatic heterocycles. The molecule has 2 N–H and O–H groups in total. The van der Waals surface area contributed by atoms with Crippen molar-refractivity contribution >= 4 is 5.82 Å². The number of aromatic nitrogens is 2. The summed E-state index contributed by atoms with van der Waals surface area (Å²) in [5, 5.41) is 4.54. The summed E-state index contributed by atoms with van der Waals surface area (Å²) in [6.07, 6.45) is 3.85. The van der Waals surface area contributed by atoms with Crippen LogP contribution in [0.25, 0.3) is 0 Å². The maximum Gasteiger partial charge on any atom is 0.131 e. The van der Waals surface area contributed by atoms with E-state index in [4.69, 9.17) is 5.73 Å². The van der Waals surface area contributed by atoms with Crippen LogP contribution in [0.2, 0.25) is 0 Å². The van der Waals surface area contributed by atoms with Gasteiger partial charge in [-0.2, -0.15) is 5.10 Å². The van der Waals surface area contributed by atoms with Crippen molar-refractivity contribution in [2.75, 3.05) is 11.4 Å². The van der Waals surface area contributed by atoms with Crippen molar-refractivity contribution in [2.24, 2.45) is 18.7 Å². The number of rotatable bonds is 6. The first-order chi connectivity index (χ1) is 8.54. The van der Waals surface area contributed by atoms with Gasteiger partial charge in [0.2, 0.25) is 0 Å². The van der Waals surface area contributed by atoms with Crippen LogP contribution in [-0.2, 0) is 13.6 Å². The fourth-order valence-corrected chi connectivity index (χ4v) is 2.53. The van der Waals surface area contributed by atoms with E-state index in [0.717, 1.165) is 18.2 Å². The Morgan fingerprint density at radius 2 is 2.11 bits per heavy atom. The van der Waals surface area contributed by atoms with Crippen molar-refractivity contribution < 1.29 is 0 Å². The van der Waals surface area contributed by atoms with Crippen LogP contribution in [0.5, 0.6) is 0 Å². The van der Waals surface area contributed by atoms with Gasteiger partial charge in [-0.25, -0.2) is 0 Å². The van der Waals surface area contributed by atoms with Crippen molar-refractivity contribution in [2.45, 2.75) is 52.6 Å². The van der Waals surface area contributed by atoms with E-state index in [-0.39, 0.29) is 0 Å². The molecule has 1 saturated carbocycles. The molecule has 0 aliphatic heterocycles. The Kier molecular flexibility index (Phi) is 3.95. The quantitative estimate of drug-likeness (QED) is 0.842. The van der Waals surface area contributed by atoms with Gasteiger partial charge < -0.3 is 10.6 Å². The topological polar surface area (TPSA) is 47.1 Å². The minimum Gasteiger partial charge on any atom is -0.354 e. The number of anilines is 1. The second-order valence-electron chi connectivity index (χ2n) is 5.82. The highest BCUT2D eigenvalue weighted by atomic mass is 15.4. The predicted octanol–water partition coefficient (Wildman–Crippen LogP) is 2.20. The lowest BCUT2D eigenvalue weighted by Gasteiger charge is -2.26. The van der Waals surface area contributed by atoms with Crippen molar-refractivity contribution in [1.29, 1.82) is 0 Å². The third-order valence-electron chi connectivity index (χ3n) is 3.72. The van der Waals surface area contributed by atoms with Gasteiger partial charge in [-0.1, -0.05) is 13.8 Å². The summed E-state index contributed by atoms with van der Waals surface area (Å²) in [4.78, 5) is 2.53. The van der Waals surface area contributed by atoms with Crippen LogP contribution in [0.4, 0.5) is 5.82 Å². The fourth-order valence-electron chi connectivity index (χ4n) is 2.53. The molecule has 102 valence electrons. The second kappa shape index (κ2) is 5.31. The van der Waals surface area contributed by atoms with Crippen molar-refractivity contribution in [3.05, 3.63) is 11.3 Å². The summed E-state index contributed by atoms with van der Waals surface area (Å²) in [6.45, 7) is 8.32.